The van der Waals surface area contributed by atoms with Crippen LogP contribution in [0.1, 0.15) is 42.6 Å². The fourth-order valence-corrected chi connectivity index (χ4v) is 4.48. The molecule has 0 bridgehead atoms. The number of aromatic amines is 1. The highest BCUT2D eigenvalue weighted by atomic mass is 16.5. The third-order valence-electron chi connectivity index (χ3n) is 6.19. The second kappa shape index (κ2) is 12.1. The molecule has 0 aliphatic heterocycles. The van der Waals surface area contributed by atoms with Crippen molar-refractivity contribution >= 4 is 28.5 Å². The number of allylic oxidation sites excluding steroid dienone is 1. The largest absolute Gasteiger partial charge is 0.360 e. The zero-order valence-electron chi connectivity index (χ0n) is 20.2. The molecule has 7 heteroatoms. The molecule has 3 rings (SSSR count). The molecular weight excluding hydrogens is 442 g/mol. The highest BCUT2D eigenvalue weighted by Crippen LogP contribution is 2.26. The van der Waals surface area contributed by atoms with Crippen LogP contribution in [0.2, 0.25) is 0 Å². The summed E-state index contributed by atoms with van der Waals surface area (Å²) in [6, 6.07) is 16.2. The van der Waals surface area contributed by atoms with Crippen molar-refractivity contribution in [1.82, 2.24) is 15.8 Å². The predicted octanol–water partition coefficient (Wildman–Crippen LogP) is 4.44. The van der Waals surface area contributed by atoms with E-state index in [0.717, 1.165) is 16.5 Å². The Balaban J connectivity index is 1.95. The standard InChI is InChI=1S/C28H33N3O4/c1-4-10-21(28(34)31-35)22(15-18(2)3)27(33)30-25(16-19-11-6-5-7-12-19)26(32)23-17-29-24-14-9-8-13-20(23)24/h4-9,11-14,17-18,21-22,25,29,35H,1,10,15-16H2,2-3H3,(H,30,33)(H,31,34)/t21?,22-,25+/m1/s1. The molecule has 4 N–H and O–H groups in total. The molecule has 0 radical (unpaired) electrons. The molecule has 0 saturated carbocycles. The van der Waals surface area contributed by atoms with Crippen molar-refractivity contribution in [2.75, 3.05) is 0 Å². The van der Waals surface area contributed by atoms with Gasteiger partial charge in [-0.25, -0.2) is 5.48 Å². The van der Waals surface area contributed by atoms with Gasteiger partial charge in [-0.2, -0.15) is 0 Å². The molecule has 3 atom stereocenters. The normalized spacial score (nSPS) is 13.7. The molecule has 2 amide bonds. The molecule has 0 fully saturated rings. The van der Waals surface area contributed by atoms with Gasteiger partial charge in [0.1, 0.15) is 0 Å². The number of fused-ring (bicyclic) bond motifs is 1. The Labute approximate surface area is 205 Å². The maximum Gasteiger partial charge on any atom is 0.247 e. The molecule has 0 spiro atoms. The number of rotatable bonds is 12. The molecule has 0 aliphatic rings. The Morgan fingerprint density at radius 1 is 1.00 bits per heavy atom. The lowest BCUT2D eigenvalue weighted by Crippen LogP contribution is -2.48. The first-order valence-electron chi connectivity index (χ1n) is 11.8. The zero-order chi connectivity index (χ0) is 25.4. The summed E-state index contributed by atoms with van der Waals surface area (Å²) in [5, 5.41) is 13.0. The fraction of sp³-hybridized carbons (Fsp3) is 0.321. The van der Waals surface area contributed by atoms with Gasteiger partial charge in [0, 0.05) is 29.1 Å². The van der Waals surface area contributed by atoms with Gasteiger partial charge in [0.2, 0.25) is 11.8 Å². The first-order chi connectivity index (χ1) is 16.8. The highest BCUT2D eigenvalue weighted by molar-refractivity contribution is 6.11. The van der Waals surface area contributed by atoms with Crippen LogP contribution in [0.4, 0.5) is 0 Å². The van der Waals surface area contributed by atoms with Gasteiger partial charge < -0.3 is 10.3 Å². The summed E-state index contributed by atoms with van der Waals surface area (Å²) < 4.78 is 0. The van der Waals surface area contributed by atoms with Crippen LogP contribution >= 0.6 is 0 Å². The molecule has 0 aliphatic carbocycles. The molecule has 35 heavy (non-hydrogen) atoms. The van der Waals surface area contributed by atoms with Crippen LogP contribution in [0.25, 0.3) is 10.9 Å². The summed E-state index contributed by atoms with van der Waals surface area (Å²) in [6.07, 6.45) is 4.16. The lowest BCUT2D eigenvalue weighted by Gasteiger charge is -2.28. The van der Waals surface area contributed by atoms with Gasteiger partial charge in [0.25, 0.3) is 0 Å². The number of amides is 2. The minimum absolute atomic E-state index is 0.112. The lowest BCUT2D eigenvalue weighted by molar-refractivity contribution is -0.140. The van der Waals surface area contributed by atoms with Crippen LogP contribution in [-0.4, -0.2) is 33.8 Å². The van der Waals surface area contributed by atoms with E-state index in [-0.39, 0.29) is 18.1 Å². The van der Waals surface area contributed by atoms with E-state index in [2.05, 4.69) is 16.9 Å². The number of carbonyl (C=O) groups excluding carboxylic acids is 3. The van der Waals surface area contributed by atoms with Gasteiger partial charge in [0.05, 0.1) is 17.9 Å². The number of carbonyl (C=O) groups is 3. The Bertz CT molecular complexity index is 1170. The first-order valence-corrected chi connectivity index (χ1v) is 11.8. The number of hydrogen-bond donors (Lipinski definition) is 4. The number of hydroxylamine groups is 1. The number of hydrogen-bond acceptors (Lipinski definition) is 4. The van der Waals surface area contributed by atoms with Crippen molar-refractivity contribution < 1.29 is 19.6 Å². The molecule has 0 saturated heterocycles. The topological polar surface area (TPSA) is 111 Å². The van der Waals surface area contributed by atoms with E-state index in [1.165, 1.54) is 0 Å². The maximum absolute atomic E-state index is 13.7. The Morgan fingerprint density at radius 3 is 2.34 bits per heavy atom. The number of H-pyrrole nitrogens is 1. The summed E-state index contributed by atoms with van der Waals surface area (Å²) in [7, 11) is 0. The van der Waals surface area contributed by atoms with E-state index < -0.39 is 29.7 Å². The van der Waals surface area contributed by atoms with Gasteiger partial charge in [-0.05, 0) is 30.4 Å². The van der Waals surface area contributed by atoms with Crippen LogP contribution in [-0.2, 0) is 16.0 Å². The summed E-state index contributed by atoms with van der Waals surface area (Å²) in [4.78, 5) is 42.8. The zero-order valence-corrected chi connectivity index (χ0v) is 20.2. The quantitative estimate of drug-likeness (QED) is 0.134. The van der Waals surface area contributed by atoms with Crippen molar-refractivity contribution in [3.63, 3.8) is 0 Å². The molecule has 1 unspecified atom stereocenters. The third-order valence-corrected chi connectivity index (χ3v) is 6.19. The van der Waals surface area contributed by atoms with E-state index in [1.807, 2.05) is 68.4 Å². The molecule has 3 aromatic rings. The van der Waals surface area contributed by atoms with Crippen LogP contribution < -0.4 is 10.8 Å². The Morgan fingerprint density at radius 2 is 1.69 bits per heavy atom. The number of Topliss-reactive ketones (excluding diaryl/α,β-unsaturated/α-hetero) is 1. The highest BCUT2D eigenvalue weighted by Gasteiger charge is 2.35. The number of para-hydroxylation sites is 1. The van der Waals surface area contributed by atoms with Gasteiger partial charge in [0.15, 0.2) is 5.78 Å². The summed E-state index contributed by atoms with van der Waals surface area (Å²) in [5.74, 6) is -2.69. The SMILES string of the molecule is C=CCC(C(=O)NO)[C@@H](CC(C)C)C(=O)N[C@@H](Cc1ccccc1)C(=O)c1c[nH]c2ccccc12. The van der Waals surface area contributed by atoms with E-state index in [0.29, 0.717) is 18.4 Å². The van der Waals surface area contributed by atoms with Crippen molar-refractivity contribution in [2.24, 2.45) is 17.8 Å². The van der Waals surface area contributed by atoms with Crippen molar-refractivity contribution in [3.05, 3.63) is 84.6 Å². The van der Waals surface area contributed by atoms with Crippen LogP contribution in [0, 0.1) is 17.8 Å². The van der Waals surface area contributed by atoms with Crippen LogP contribution in [0.3, 0.4) is 0 Å². The molecule has 1 aromatic heterocycles. The van der Waals surface area contributed by atoms with E-state index >= 15 is 0 Å². The molecule has 184 valence electrons. The summed E-state index contributed by atoms with van der Waals surface area (Å²) in [5.41, 5.74) is 3.92. The van der Waals surface area contributed by atoms with Gasteiger partial charge >= 0.3 is 0 Å². The number of aromatic nitrogens is 1. The predicted molar refractivity (Wildman–Crippen MR) is 136 cm³/mol. The van der Waals surface area contributed by atoms with Crippen LogP contribution in [0.15, 0.2) is 73.4 Å². The second-order valence-corrected chi connectivity index (χ2v) is 9.21. The first kappa shape index (κ1) is 25.9. The van der Waals surface area contributed by atoms with Crippen molar-refractivity contribution in [2.45, 2.75) is 39.2 Å². The van der Waals surface area contributed by atoms with Gasteiger partial charge in [-0.15, -0.1) is 6.58 Å². The van der Waals surface area contributed by atoms with Gasteiger partial charge in [-0.3, -0.25) is 19.6 Å². The fourth-order valence-electron chi connectivity index (χ4n) is 4.48. The third kappa shape index (κ3) is 6.45. The van der Waals surface area contributed by atoms with Crippen LogP contribution in [0.5, 0.6) is 0 Å². The number of benzene rings is 2. The molecular formula is C28H33N3O4. The number of nitrogens with one attached hydrogen (secondary N) is 3. The minimum Gasteiger partial charge on any atom is -0.360 e. The average Bonchev–Trinajstić information content (AvgIpc) is 3.29. The summed E-state index contributed by atoms with van der Waals surface area (Å²) in [6.45, 7) is 7.61. The van der Waals surface area contributed by atoms with Crippen molar-refractivity contribution in [1.29, 1.82) is 0 Å². The summed E-state index contributed by atoms with van der Waals surface area (Å²) >= 11 is 0. The average molecular weight is 476 g/mol. The maximum atomic E-state index is 13.7. The Kier molecular flexibility index (Phi) is 8.98. The minimum atomic E-state index is -0.833. The molecule has 1 heterocycles. The lowest BCUT2D eigenvalue weighted by atomic mass is 9.81. The van der Waals surface area contributed by atoms with E-state index in [1.54, 1.807) is 17.8 Å². The molecule has 2 aromatic carbocycles. The van der Waals surface area contributed by atoms with E-state index in [9.17, 15) is 19.6 Å². The molecule has 7 nitrogen and oxygen atoms in total. The Hall–Kier alpha value is -3.71. The van der Waals surface area contributed by atoms with Gasteiger partial charge in [-0.1, -0.05) is 68.5 Å². The van der Waals surface area contributed by atoms with Crippen molar-refractivity contribution in [3.8, 4) is 0 Å². The van der Waals surface area contributed by atoms with E-state index in [4.69, 9.17) is 0 Å². The number of ketones is 1. The second-order valence-electron chi connectivity index (χ2n) is 9.21. The smallest absolute Gasteiger partial charge is 0.247 e. The monoisotopic (exact) mass is 475 g/mol.